The molecule has 8 heteroatoms. The number of hydrogen-bond acceptors (Lipinski definition) is 6. The van der Waals surface area contributed by atoms with Gasteiger partial charge in [0.25, 0.3) is 5.69 Å². The van der Waals surface area contributed by atoms with E-state index in [9.17, 15) is 14.9 Å². The van der Waals surface area contributed by atoms with Gasteiger partial charge in [0.1, 0.15) is 17.3 Å². The zero-order valence-electron chi connectivity index (χ0n) is 16.4. The van der Waals surface area contributed by atoms with Crippen LogP contribution >= 0.6 is 0 Å². The standard InChI is InChI=1S/C21H23N3O5/c1-21-10-4-3-5-16(21)19(21)20(25)23-22-12-14-7-9-18(29-14)15-8-6-13(28-2)11-17(15)24(26)27/h6-9,11-12,16,19H,3-5,10H2,1-2H3,(H,23,25)/b22-12-/t16-,19-,21-/m0/s1. The van der Waals surface area contributed by atoms with Gasteiger partial charge in [0.05, 0.1) is 29.9 Å². The number of fused-ring (bicyclic) bond motifs is 1. The molecule has 2 fully saturated rings. The van der Waals surface area contributed by atoms with Crippen molar-refractivity contribution in [2.24, 2.45) is 22.4 Å². The van der Waals surface area contributed by atoms with Crippen LogP contribution in [0.2, 0.25) is 0 Å². The quantitative estimate of drug-likeness (QED) is 0.448. The zero-order valence-corrected chi connectivity index (χ0v) is 16.4. The minimum absolute atomic E-state index is 0.0382. The second-order valence-electron chi connectivity index (χ2n) is 7.91. The Hall–Kier alpha value is -3.16. The van der Waals surface area contributed by atoms with Crippen LogP contribution in [0, 0.1) is 27.4 Å². The zero-order chi connectivity index (χ0) is 20.6. The molecule has 3 atom stereocenters. The molecule has 0 radical (unpaired) electrons. The Morgan fingerprint density at radius 3 is 2.90 bits per heavy atom. The van der Waals surface area contributed by atoms with Crippen molar-refractivity contribution in [3.8, 4) is 17.1 Å². The molecular weight excluding hydrogens is 374 g/mol. The third-order valence-corrected chi connectivity index (χ3v) is 6.27. The van der Waals surface area contributed by atoms with Crippen LogP contribution in [-0.2, 0) is 4.79 Å². The molecule has 2 aliphatic rings. The Kier molecular flexibility index (Phi) is 4.86. The van der Waals surface area contributed by atoms with Crippen LogP contribution in [0.25, 0.3) is 11.3 Å². The highest BCUT2D eigenvalue weighted by atomic mass is 16.6. The van der Waals surface area contributed by atoms with Gasteiger partial charge in [-0.1, -0.05) is 19.8 Å². The summed E-state index contributed by atoms with van der Waals surface area (Å²) in [6.45, 7) is 2.19. The highest BCUT2D eigenvalue weighted by molar-refractivity contribution is 5.85. The summed E-state index contributed by atoms with van der Waals surface area (Å²) in [5.41, 5.74) is 2.97. The maximum atomic E-state index is 12.4. The molecule has 1 aromatic heterocycles. The Morgan fingerprint density at radius 2 is 2.21 bits per heavy atom. The smallest absolute Gasteiger partial charge is 0.284 e. The van der Waals surface area contributed by atoms with Crippen molar-refractivity contribution in [2.45, 2.75) is 32.6 Å². The van der Waals surface area contributed by atoms with Crippen LogP contribution in [0.5, 0.6) is 5.75 Å². The van der Waals surface area contributed by atoms with Gasteiger partial charge < -0.3 is 9.15 Å². The average molecular weight is 397 g/mol. The summed E-state index contributed by atoms with van der Waals surface area (Å²) < 4.78 is 10.7. The van der Waals surface area contributed by atoms with E-state index in [-0.39, 0.29) is 22.9 Å². The van der Waals surface area contributed by atoms with Crippen LogP contribution in [0.4, 0.5) is 5.69 Å². The van der Waals surface area contributed by atoms with Gasteiger partial charge in [0, 0.05) is 5.92 Å². The van der Waals surface area contributed by atoms with E-state index in [1.807, 2.05) is 0 Å². The predicted octanol–water partition coefficient (Wildman–Crippen LogP) is 4.14. The molecule has 0 unspecified atom stereocenters. The summed E-state index contributed by atoms with van der Waals surface area (Å²) in [4.78, 5) is 23.3. The van der Waals surface area contributed by atoms with Crippen molar-refractivity contribution in [1.29, 1.82) is 0 Å². The normalized spacial score (nSPS) is 25.4. The maximum absolute atomic E-state index is 12.4. The number of rotatable bonds is 6. The first-order valence-corrected chi connectivity index (χ1v) is 9.69. The molecule has 29 heavy (non-hydrogen) atoms. The van der Waals surface area contributed by atoms with Crippen LogP contribution in [0.1, 0.15) is 38.4 Å². The Labute approximate surface area is 168 Å². The number of nitrogens with zero attached hydrogens (tertiary/aromatic N) is 2. The van der Waals surface area contributed by atoms with Crippen molar-refractivity contribution < 1.29 is 18.9 Å². The largest absolute Gasteiger partial charge is 0.497 e. The molecule has 4 rings (SSSR count). The molecule has 0 spiro atoms. The summed E-state index contributed by atoms with van der Waals surface area (Å²) in [5.74, 6) is 1.59. The summed E-state index contributed by atoms with van der Waals surface area (Å²) >= 11 is 0. The van der Waals surface area contributed by atoms with Gasteiger partial charge in [-0.25, -0.2) is 5.43 Å². The van der Waals surface area contributed by atoms with Gasteiger partial charge in [-0.3, -0.25) is 14.9 Å². The van der Waals surface area contributed by atoms with Crippen LogP contribution in [0.3, 0.4) is 0 Å². The molecule has 0 saturated heterocycles. The number of furan rings is 1. The van der Waals surface area contributed by atoms with Crippen LogP contribution in [0.15, 0.2) is 39.9 Å². The summed E-state index contributed by atoms with van der Waals surface area (Å²) in [6, 6.07) is 7.84. The monoisotopic (exact) mass is 397 g/mol. The molecule has 1 heterocycles. The number of benzene rings is 1. The number of carbonyl (C=O) groups is 1. The van der Waals surface area contributed by atoms with Gasteiger partial charge in [-0.05, 0) is 48.4 Å². The van der Waals surface area contributed by atoms with Crippen molar-refractivity contribution in [3.05, 3.63) is 46.2 Å². The lowest BCUT2D eigenvalue weighted by atomic mass is 9.90. The molecule has 2 aliphatic carbocycles. The van der Waals surface area contributed by atoms with Crippen molar-refractivity contribution in [2.75, 3.05) is 7.11 Å². The highest BCUT2D eigenvalue weighted by Crippen LogP contribution is 2.66. The first-order valence-electron chi connectivity index (χ1n) is 9.69. The van der Waals surface area contributed by atoms with Gasteiger partial charge in [0.2, 0.25) is 5.91 Å². The maximum Gasteiger partial charge on any atom is 0.284 e. The fraction of sp³-hybridized carbons (Fsp3) is 0.429. The van der Waals surface area contributed by atoms with Gasteiger partial charge in [-0.2, -0.15) is 5.10 Å². The molecule has 1 N–H and O–H groups in total. The number of amides is 1. The van der Waals surface area contributed by atoms with E-state index in [1.165, 1.54) is 32.2 Å². The molecule has 2 aromatic rings. The van der Waals surface area contributed by atoms with E-state index in [4.69, 9.17) is 9.15 Å². The fourth-order valence-corrected chi connectivity index (χ4v) is 4.64. The molecule has 1 amide bonds. The SMILES string of the molecule is COc1ccc(-c2ccc(/C=N\NC(=O)[C@@H]3[C@@H]4CCCC[C@]34C)o2)c([N+](=O)[O-])c1. The van der Waals surface area contributed by atoms with Crippen molar-refractivity contribution in [3.63, 3.8) is 0 Å². The molecule has 2 saturated carbocycles. The Bertz CT molecular complexity index is 982. The summed E-state index contributed by atoms with van der Waals surface area (Å²) in [5, 5.41) is 15.4. The number of hydrogen-bond donors (Lipinski definition) is 1. The lowest BCUT2D eigenvalue weighted by molar-refractivity contribution is -0.384. The molecule has 0 aliphatic heterocycles. The molecular formula is C21H23N3O5. The van der Waals surface area contributed by atoms with E-state index >= 15 is 0 Å². The lowest BCUT2D eigenvalue weighted by Gasteiger charge is -2.15. The summed E-state index contributed by atoms with van der Waals surface area (Å²) in [7, 11) is 1.45. The number of nitrogens with one attached hydrogen (secondary N) is 1. The number of ether oxygens (including phenoxy) is 1. The van der Waals surface area contributed by atoms with E-state index in [0.717, 1.165) is 12.8 Å². The van der Waals surface area contributed by atoms with E-state index in [2.05, 4.69) is 17.5 Å². The van der Waals surface area contributed by atoms with Gasteiger partial charge in [0.15, 0.2) is 0 Å². The van der Waals surface area contributed by atoms with Crippen molar-refractivity contribution in [1.82, 2.24) is 5.43 Å². The highest BCUT2D eigenvalue weighted by Gasteiger charge is 2.64. The lowest BCUT2D eigenvalue weighted by Crippen LogP contribution is -2.22. The molecule has 152 valence electrons. The van der Waals surface area contributed by atoms with E-state index in [0.29, 0.717) is 28.8 Å². The Morgan fingerprint density at radius 1 is 1.38 bits per heavy atom. The van der Waals surface area contributed by atoms with Gasteiger partial charge >= 0.3 is 0 Å². The number of hydrazone groups is 1. The first kappa shape index (κ1) is 19.2. The fourth-order valence-electron chi connectivity index (χ4n) is 4.64. The second-order valence-corrected chi connectivity index (χ2v) is 7.91. The Balaban J connectivity index is 1.44. The van der Waals surface area contributed by atoms with Crippen molar-refractivity contribution >= 4 is 17.8 Å². The van der Waals surface area contributed by atoms with Crippen LogP contribution in [-0.4, -0.2) is 24.2 Å². The van der Waals surface area contributed by atoms with Crippen LogP contribution < -0.4 is 10.2 Å². The minimum atomic E-state index is -0.482. The number of methoxy groups -OCH3 is 1. The first-order chi connectivity index (χ1) is 13.9. The molecule has 0 bridgehead atoms. The predicted molar refractivity (Wildman–Crippen MR) is 107 cm³/mol. The number of nitro benzene ring substituents is 1. The third kappa shape index (κ3) is 3.50. The third-order valence-electron chi connectivity index (χ3n) is 6.27. The number of nitro groups is 1. The summed E-state index contributed by atoms with van der Waals surface area (Å²) in [6.07, 6.45) is 6.00. The van der Waals surface area contributed by atoms with E-state index in [1.54, 1.807) is 24.3 Å². The van der Waals surface area contributed by atoms with Gasteiger partial charge in [-0.15, -0.1) is 0 Å². The molecule has 1 aromatic carbocycles. The topological polar surface area (TPSA) is 107 Å². The second kappa shape index (κ2) is 7.35. The average Bonchev–Trinajstić information content (AvgIpc) is 3.08. The number of carbonyl (C=O) groups excluding carboxylic acids is 1. The molecule has 8 nitrogen and oxygen atoms in total. The van der Waals surface area contributed by atoms with E-state index < -0.39 is 4.92 Å². The minimum Gasteiger partial charge on any atom is -0.497 e.